The van der Waals surface area contributed by atoms with Crippen LogP contribution >= 0.6 is 0 Å². The summed E-state index contributed by atoms with van der Waals surface area (Å²) in [6.45, 7) is 5.89. The van der Waals surface area contributed by atoms with Crippen molar-refractivity contribution in [3.8, 4) is 0 Å². The van der Waals surface area contributed by atoms with Crippen LogP contribution in [0.5, 0.6) is 0 Å². The van der Waals surface area contributed by atoms with Gasteiger partial charge in [0.15, 0.2) is 11.5 Å². The molecular weight excluding hydrogens is 482 g/mol. The van der Waals surface area contributed by atoms with Crippen molar-refractivity contribution in [3.05, 3.63) is 47.0 Å². The molecule has 0 spiro atoms. The molecule has 2 aliphatic rings. The number of amides is 2. The molecule has 1 saturated heterocycles. The van der Waals surface area contributed by atoms with Crippen molar-refractivity contribution in [1.29, 1.82) is 0 Å². The molecular formula is C27H37N9O2. The third-order valence-corrected chi connectivity index (χ3v) is 6.86. The van der Waals surface area contributed by atoms with Crippen LogP contribution < -0.4 is 27.0 Å². The number of imidazole rings is 1. The first-order chi connectivity index (χ1) is 18.4. The quantitative estimate of drug-likeness (QED) is 0.212. The van der Waals surface area contributed by atoms with E-state index in [0.717, 1.165) is 66.7 Å². The molecule has 0 unspecified atom stereocenters. The minimum Gasteiger partial charge on any atom is -0.397 e. The molecule has 1 aliphatic carbocycles. The second kappa shape index (κ2) is 12.0. The maximum absolute atomic E-state index is 13.2. The first-order valence-corrected chi connectivity index (χ1v) is 13.1. The van der Waals surface area contributed by atoms with Crippen LogP contribution in [0.25, 0.3) is 5.65 Å². The number of benzene rings is 1. The highest BCUT2D eigenvalue weighted by atomic mass is 16.1. The number of anilines is 3. The molecule has 0 bridgehead atoms. The predicted molar refractivity (Wildman–Crippen MR) is 151 cm³/mol. The van der Waals surface area contributed by atoms with Gasteiger partial charge in [0.05, 0.1) is 28.8 Å². The van der Waals surface area contributed by atoms with E-state index in [1.165, 1.54) is 12.8 Å². The van der Waals surface area contributed by atoms with Gasteiger partial charge in [-0.05, 0) is 51.2 Å². The van der Waals surface area contributed by atoms with Gasteiger partial charge in [0.25, 0.3) is 5.91 Å². The molecule has 38 heavy (non-hydrogen) atoms. The number of nitrogens with one attached hydrogen (secondary N) is 2. The summed E-state index contributed by atoms with van der Waals surface area (Å²) >= 11 is 0. The number of fused-ring (bicyclic) bond motifs is 1. The van der Waals surface area contributed by atoms with Gasteiger partial charge in [-0.3, -0.25) is 19.6 Å². The van der Waals surface area contributed by atoms with Crippen molar-refractivity contribution in [1.82, 2.24) is 19.7 Å². The lowest BCUT2D eigenvalue weighted by molar-refractivity contribution is -0.106. The Morgan fingerprint density at radius 1 is 1.16 bits per heavy atom. The van der Waals surface area contributed by atoms with E-state index in [-0.39, 0.29) is 12.3 Å². The summed E-state index contributed by atoms with van der Waals surface area (Å²) in [5, 5.41) is 6.65. The number of primary amides is 1. The van der Waals surface area contributed by atoms with Crippen molar-refractivity contribution in [3.63, 3.8) is 0 Å². The highest BCUT2D eigenvalue weighted by molar-refractivity contribution is 6.11. The number of hydrogen-bond acceptors (Lipinski definition) is 8. The molecule has 2 amide bonds. The molecule has 1 aliphatic heterocycles. The second-order valence-electron chi connectivity index (χ2n) is 9.68. The van der Waals surface area contributed by atoms with Gasteiger partial charge in [0.1, 0.15) is 0 Å². The fraction of sp³-hybridized carbons (Fsp3) is 0.444. The zero-order valence-electron chi connectivity index (χ0n) is 22.3. The van der Waals surface area contributed by atoms with E-state index in [1.807, 2.05) is 30.5 Å². The fourth-order valence-corrected chi connectivity index (χ4v) is 4.91. The SMILES string of the molecule is CCc1nc(C)cn2cc(NC(=O)c3ccc(N4CCC(NC5CC5)CC4)c(C=NC)c3N)nc12.NC=O. The Kier molecular flexibility index (Phi) is 8.57. The minimum atomic E-state index is -0.293. The standard InChI is InChI=1S/C26H34N8O.CH3NO/c1-4-21-25-31-23(15-34(25)14-16(2)29-21)32-26(35)19-7-8-22(20(13-28-3)24(19)27)33-11-9-18(10-12-33)30-17-5-6-17;2-1-3/h7-8,13-15,17-18,30H,4-6,9-12,27H2,1-3H3,(H,32,35);1H,(H2,2,3). The number of aliphatic imine (C=N–C) groups is 1. The normalized spacial score (nSPS) is 15.9. The van der Waals surface area contributed by atoms with Gasteiger partial charge >= 0.3 is 0 Å². The predicted octanol–water partition coefficient (Wildman–Crippen LogP) is 2.31. The number of aromatic nitrogens is 3. The fourth-order valence-electron chi connectivity index (χ4n) is 4.91. The minimum absolute atomic E-state index is 0.250. The second-order valence-corrected chi connectivity index (χ2v) is 9.68. The smallest absolute Gasteiger partial charge is 0.258 e. The number of carbonyl (C=O) groups excluding carboxylic acids is 2. The van der Waals surface area contributed by atoms with E-state index in [9.17, 15) is 4.79 Å². The van der Waals surface area contributed by atoms with Gasteiger partial charge in [-0.1, -0.05) is 6.92 Å². The summed E-state index contributed by atoms with van der Waals surface area (Å²) in [4.78, 5) is 37.5. The lowest BCUT2D eigenvalue weighted by Gasteiger charge is -2.35. The molecule has 202 valence electrons. The highest BCUT2D eigenvalue weighted by Crippen LogP contribution is 2.31. The largest absolute Gasteiger partial charge is 0.397 e. The Bertz CT molecular complexity index is 1320. The topological polar surface area (TPSA) is 156 Å². The van der Waals surface area contributed by atoms with E-state index in [1.54, 1.807) is 25.5 Å². The molecule has 2 fully saturated rings. The Labute approximate surface area is 222 Å². The lowest BCUT2D eigenvalue weighted by atomic mass is 10.00. The van der Waals surface area contributed by atoms with Crippen LogP contribution in [0.4, 0.5) is 17.2 Å². The van der Waals surface area contributed by atoms with Gasteiger partial charge in [-0.15, -0.1) is 0 Å². The Morgan fingerprint density at radius 3 is 2.47 bits per heavy atom. The molecule has 5 rings (SSSR count). The van der Waals surface area contributed by atoms with Crippen molar-refractivity contribution >= 4 is 41.4 Å². The molecule has 11 heteroatoms. The van der Waals surface area contributed by atoms with E-state index < -0.39 is 0 Å². The van der Waals surface area contributed by atoms with Gasteiger partial charge in [0.2, 0.25) is 6.41 Å². The number of carbonyl (C=O) groups is 2. The van der Waals surface area contributed by atoms with Gasteiger partial charge < -0.3 is 31.4 Å². The number of nitrogens with zero attached hydrogens (tertiary/aromatic N) is 5. The maximum atomic E-state index is 13.2. The molecule has 1 saturated carbocycles. The summed E-state index contributed by atoms with van der Waals surface area (Å²) in [5.41, 5.74) is 15.9. The summed E-state index contributed by atoms with van der Waals surface area (Å²) < 4.78 is 1.90. The van der Waals surface area contributed by atoms with Crippen molar-refractivity contribution in [2.75, 3.05) is 36.1 Å². The van der Waals surface area contributed by atoms with Crippen LogP contribution in [0.3, 0.4) is 0 Å². The average Bonchev–Trinajstić information content (AvgIpc) is 3.62. The zero-order valence-corrected chi connectivity index (χ0v) is 22.3. The molecule has 0 radical (unpaired) electrons. The van der Waals surface area contributed by atoms with Crippen LogP contribution in [-0.4, -0.2) is 65.1 Å². The van der Waals surface area contributed by atoms with E-state index in [4.69, 9.17) is 10.5 Å². The maximum Gasteiger partial charge on any atom is 0.258 e. The molecule has 1 aromatic carbocycles. The summed E-state index contributed by atoms with van der Waals surface area (Å²) in [7, 11) is 1.72. The summed E-state index contributed by atoms with van der Waals surface area (Å²) in [5.74, 6) is 0.176. The van der Waals surface area contributed by atoms with Crippen molar-refractivity contribution in [2.24, 2.45) is 10.7 Å². The number of rotatable bonds is 7. The molecule has 6 N–H and O–H groups in total. The van der Waals surface area contributed by atoms with E-state index in [2.05, 4.69) is 36.2 Å². The van der Waals surface area contributed by atoms with Crippen LogP contribution in [0.1, 0.15) is 59.9 Å². The number of nitrogens with two attached hydrogens (primary N) is 2. The van der Waals surface area contributed by atoms with Crippen LogP contribution in [-0.2, 0) is 11.2 Å². The zero-order chi connectivity index (χ0) is 27.2. The number of aryl methyl sites for hydroxylation is 2. The Balaban J connectivity index is 0.00000107. The molecule has 2 aromatic heterocycles. The number of piperidine rings is 1. The van der Waals surface area contributed by atoms with Crippen LogP contribution in [0, 0.1) is 6.92 Å². The molecule has 0 atom stereocenters. The van der Waals surface area contributed by atoms with Crippen LogP contribution in [0.15, 0.2) is 29.5 Å². The van der Waals surface area contributed by atoms with Crippen LogP contribution in [0.2, 0.25) is 0 Å². The van der Waals surface area contributed by atoms with E-state index in [0.29, 0.717) is 23.1 Å². The number of hydrogen-bond donors (Lipinski definition) is 4. The molecule has 3 heterocycles. The van der Waals surface area contributed by atoms with Crippen molar-refractivity contribution in [2.45, 2.75) is 58.0 Å². The summed E-state index contributed by atoms with van der Waals surface area (Å²) in [6, 6.07) is 5.11. The Morgan fingerprint density at radius 2 is 1.84 bits per heavy atom. The average molecular weight is 520 g/mol. The summed E-state index contributed by atoms with van der Waals surface area (Å²) in [6.07, 6.45) is 11.3. The van der Waals surface area contributed by atoms with Gasteiger partial charge in [-0.2, -0.15) is 0 Å². The van der Waals surface area contributed by atoms with Gasteiger partial charge in [-0.25, -0.2) is 4.98 Å². The number of nitrogen functional groups attached to an aromatic ring is 1. The monoisotopic (exact) mass is 519 g/mol. The highest BCUT2D eigenvalue weighted by Gasteiger charge is 2.28. The third-order valence-electron chi connectivity index (χ3n) is 6.86. The van der Waals surface area contributed by atoms with Gasteiger partial charge in [0, 0.05) is 55.9 Å². The molecule has 3 aromatic rings. The first kappa shape index (κ1) is 27.1. The lowest BCUT2D eigenvalue weighted by Crippen LogP contribution is -2.43. The molecule has 11 nitrogen and oxygen atoms in total. The first-order valence-electron chi connectivity index (χ1n) is 13.1. The Hall–Kier alpha value is -3.99. The van der Waals surface area contributed by atoms with Crippen molar-refractivity contribution < 1.29 is 9.59 Å². The van der Waals surface area contributed by atoms with E-state index >= 15 is 0 Å². The third kappa shape index (κ3) is 6.10.